The molecule has 0 radical (unpaired) electrons. The molecule has 0 amide bonds. The zero-order valence-electron chi connectivity index (χ0n) is 36.3. The maximum absolute atomic E-state index is 12.9. The van der Waals surface area contributed by atoms with Gasteiger partial charge in [0.05, 0.1) is 51.0 Å². The van der Waals surface area contributed by atoms with Crippen LogP contribution in [0.1, 0.15) is 102 Å². The van der Waals surface area contributed by atoms with Crippen molar-refractivity contribution in [1.29, 1.82) is 0 Å². The lowest BCUT2D eigenvalue weighted by molar-refractivity contribution is -0.217. The second-order valence-electron chi connectivity index (χ2n) is 14.1. The van der Waals surface area contributed by atoms with Crippen molar-refractivity contribution < 1.29 is 57.4 Å². The van der Waals surface area contributed by atoms with E-state index in [1.165, 1.54) is 6.21 Å². The SMILES string of the molecule is C=CC(=O)OCCCCCCOc1ccc(COOc2ccc(C=NN=Cc3ccc(OC(=O)c4ccc(OCCCCCCOC(=O)C=C)cc4)cc3)cc2C(=O)OCCC)cc1. The van der Waals surface area contributed by atoms with Crippen LogP contribution in [0.2, 0.25) is 0 Å². The summed E-state index contributed by atoms with van der Waals surface area (Å²) in [4.78, 5) is 58.9. The van der Waals surface area contributed by atoms with E-state index in [4.69, 9.17) is 38.2 Å². The molecule has 4 aromatic rings. The van der Waals surface area contributed by atoms with Gasteiger partial charge in [0.25, 0.3) is 0 Å². The molecule has 0 heterocycles. The number of unbranched alkanes of at least 4 members (excludes halogenated alkanes) is 6. The summed E-state index contributed by atoms with van der Waals surface area (Å²) >= 11 is 0. The lowest BCUT2D eigenvalue weighted by Gasteiger charge is -2.11. The van der Waals surface area contributed by atoms with Crippen LogP contribution in [0.4, 0.5) is 0 Å². The van der Waals surface area contributed by atoms with E-state index in [-0.39, 0.29) is 24.5 Å². The number of hydrogen-bond acceptors (Lipinski definition) is 14. The number of carbonyl (C=O) groups is 4. The smallest absolute Gasteiger partial charge is 0.343 e. The van der Waals surface area contributed by atoms with Gasteiger partial charge in [0, 0.05) is 12.2 Å². The lowest BCUT2D eigenvalue weighted by Crippen LogP contribution is -2.10. The van der Waals surface area contributed by atoms with E-state index in [0.29, 0.717) is 55.5 Å². The molecule has 4 aromatic carbocycles. The first kappa shape index (κ1) is 49.6. The molecular weight excluding hydrogens is 821 g/mol. The molecule has 0 aliphatic carbocycles. The predicted molar refractivity (Wildman–Crippen MR) is 242 cm³/mol. The van der Waals surface area contributed by atoms with Gasteiger partial charge in [-0.1, -0.05) is 32.2 Å². The van der Waals surface area contributed by atoms with E-state index in [1.54, 1.807) is 72.9 Å². The number of hydrogen-bond donors (Lipinski definition) is 0. The number of benzene rings is 4. The Kier molecular flexibility index (Phi) is 22.7. The number of nitrogens with zero attached hydrogens (tertiary/aromatic N) is 2. The molecule has 0 aliphatic rings. The highest BCUT2D eigenvalue weighted by Crippen LogP contribution is 2.23. The van der Waals surface area contributed by atoms with E-state index >= 15 is 0 Å². The molecule has 14 nitrogen and oxygen atoms in total. The van der Waals surface area contributed by atoms with Crippen LogP contribution in [0.3, 0.4) is 0 Å². The molecule has 0 unspecified atom stereocenters. The Morgan fingerprint density at radius 2 is 1.06 bits per heavy atom. The van der Waals surface area contributed by atoms with Crippen LogP contribution in [0.25, 0.3) is 0 Å². The highest BCUT2D eigenvalue weighted by molar-refractivity contribution is 5.95. The summed E-state index contributed by atoms with van der Waals surface area (Å²) in [6.45, 7) is 10.9. The minimum absolute atomic E-state index is 0.120. The lowest BCUT2D eigenvalue weighted by atomic mass is 10.1. The van der Waals surface area contributed by atoms with Gasteiger partial charge in [0.2, 0.25) is 0 Å². The van der Waals surface area contributed by atoms with Crippen molar-refractivity contribution in [2.45, 2.75) is 71.3 Å². The van der Waals surface area contributed by atoms with Crippen molar-refractivity contribution in [3.05, 3.63) is 144 Å². The van der Waals surface area contributed by atoms with E-state index in [2.05, 4.69) is 23.4 Å². The summed E-state index contributed by atoms with van der Waals surface area (Å²) in [5.74, 6) is 0.0613. The van der Waals surface area contributed by atoms with Gasteiger partial charge in [0.15, 0.2) is 5.75 Å². The highest BCUT2D eigenvalue weighted by Gasteiger charge is 2.16. The summed E-state index contributed by atoms with van der Waals surface area (Å²) < 4.78 is 32.4. The molecule has 0 saturated heterocycles. The van der Waals surface area contributed by atoms with Crippen LogP contribution >= 0.6 is 0 Å². The summed E-state index contributed by atoms with van der Waals surface area (Å²) in [6, 6.07) is 25.9. The van der Waals surface area contributed by atoms with Gasteiger partial charge in [-0.05, 0) is 153 Å². The first-order valence-electron chi connectivity index (χ1n) is 21.3. The molecule has 0 fully saturated rings. The van der Waals surface area contributed by atoms with Crippen molar-refractivity contribution >= 4 is 36.3 Å². The third-order valence-electron chi connectivity index (χ3n) is 9.06. The molecule has 14 heteroatoms. The van der Waals surface area contributed by atoms with Gasteiger partial charge in [-0.25, -0.2) is 19.2 Å². The van der Waals surface area contributed by atoms with E-state index in [0.717, 1.165) is 80.4 Å². The predicted octanol–water partition coefficient (Wildman–Crippen LogP) is 9.77. The minimum Gasteiger partial charge on any atom is -0.494 e. The number of esters is 4. The summed E-state index contributed by atoms with van der Waals surface area (Å²) in [5.41, 5.74) is 2.69. The molecule has 4 rings (SSSR count). The Morgan fingerprint density at radius 3 is 1.62 bits per heavy atom. The monoisotopic (exact) mass is 876 g/mol. The second-order valence-corrected chi connectivity index (χ2v) is 14.1. The van der Waals surface area contributed by atoms with Gasteiger partial charge < -0.3 is 33.3 Å². The zero-order chi connectivity index (χ0) is 45.6. The maximum Gasteiger partial charge on any atom is 0.343 e. The van der Waals surface area contributed by atoms with Crippen LogP contribution in [-0.4, -0.2) is 69.3 Å². The first-order chi connectivity index (χ1) is 31.3. The van der Waals surface area contributed by atoms with Crippen LogP contribution < -0.4 is 19.1 Å². The van der Waals surface area contributed by atoms with Crippen molar-refractivity contribution in [3.63, 3.8) is 0 Å². The number of rotatable bonds is 30. The van der Waals surface area contributed by atoms with Crippen molar-refractivity contribution in [2.75, 3.05) is 33.0 Å². The standard InChI is InChI=1S/C50H56N2O12/c1-4-29-61-50(56)45-34-40(19-28-46(45)64-62-37-39-17-22-42(23-18-39)57-30-11-7-9-13-32-59-47(53)5-2)36-52-51-35-38-15-24-44(25-16-38)63-49(55)41-20-26-43(27-21-41)58-31-12-8-10-14-33-60-48(54)6-3/h5-6,15-28,34-36H,2-4,7-14,29-33,37H2,1H3. The Morgan fingerprint density at radius 1 is 0.547 bits per heavy atom. The maximum atomic E-state index is 12.9. The van der Waals surface area contributed by atoms with Crippen LogP contribution in [0.5, 0.6) is 23.0 Å². The Balaban J connectivity index is 1.19. The molecular formula is C50H56N2O12. The molecule has 338 valence electrons. The summed E-state index contributed by atoms with van der Waals surface area (Å²) in [7, 11) is 0. The average Bonchev–Trinajstić information content (AvgIpc) is 3.32. The van der Waals surface area contributed by atoms with Crippen molar-refractivity contribution in [2.24, 2.45) is 10.2 Å². The Bertz CT molecular complexity index is 2130. The fourth-order valence-corrected chi connectivity index (χ4v) is 5.61. The molecule has 64 heavy (non-hydrogen) atoms. The largest absolute Gasteiger partial charge is 0.494 e. The van der Waals surface area contributed by atoms with Crippen LogP contribution in [-0.2, 0) is 35.3 Å². The molecule has 0 aromatic heterocycles. The normalized spacial score (nSPS) is 10.9. The number of carbonyl (C=O) groups excluding carboxylic acids is 4. The van der Waals surface area contributed by atoms with Crippen molar-refractivity contribution in [1.82, 2.24) is 0 Å². The minimum atomic E-state index is -0.565. The fourth-order valence-electron chi connectivity index (χ4n) is 5.61. The third-order valence-corrected chi connectivity index (χ3v) is 9.06. The molecule has 0 spiro atoms. The first-order valence-corrected chi connectivity index (χ1v) is 21.3. The van der Waals surface area contributed by atoms with E-state index in [9.17, 15) is 19.2 Å². The third kappa shape index (κ3) is 19.3. The van der Waals surface area contributed by atoms with Gasteiger partial charge in [0.1, 0.15) is 29.4 Å². The fraction of sp³-hybridized carbons (Fsp3) is 0.320. The molecule has 0 saturated carbocycles. The van der Waals surface area contributed by atoms with Gasteiger partial charge >= 0.3 is 23.9 Å². The Labute approximate surface area is 374 Å². The number of ether oxygens (including phenoxy) is 6. The molecule has 0 atom stereocenters. The zero-order valence-corrected chi connectivity index (χ0v) is 36.3. The Hall–Kier alpha value is -7.06. The van der Waals surface area contributed by atoms with Crippen LogP contribution in [0, 0.1) is 0 Å². The van der Waals surface area contributed by atoms with E-state index in [1.807, 2.05) is 31.2 Å². The highest BCUT2D eigenvalue weighted by atomic mass is 17.2. The van der Waals surface area contributed by atoms with Crippen LogP contribution in [0.15, 0.2) is 127 Å². The summed E-state index contributed by atoms with van der Waals surface area (Å²) in [6.07, 6.45) is 13.1. The molecule has 0 bridgehead atoms. The van der Waals surface area contributed by atoms with Crippen molar-refractivity contribution in [3.8, 4) is 23.0 Å². The molecule has 0 aliphatic heterocycles. The average molecular weight is 877 g/mol. The van der Waals surface area contributed by atoms with Gasteiger partial charge in [-0.3, -0.25) is 0 Å². The van der Waals surface area contributed by atoms with Gasteiger partial charge in [-0.15, -0.1) is 0 Å². The topological polar surface area (TPSA) is 167 Å². The van der Waals surface area contributed by atoms with Gasteiger partial charge in [-0.2, -0.15) is 15.1 Å². The molecule has 0 N–H and O–H groups in total. The summed E-state index contributed by atoms with van der Waals surface area (Å²) in [5, 5.41) is 8.25. The quantitative estimate of drug-likeness (QED) is 0.00712. The van der Waals surface area contributed by atoms with E-state index < -0.39 is 23.9 Å². The second kappa shape index (κ2) is 29.3.